The molecule has 1 heterocycles. The Morgan fingerprint density at radius 2 is 2.08 bits per heavy atom. The molecule has 0 amide bonds. The third kappa shape index (κ3) is 1.86. The molecular weight excluding hydrogens is 170 g/mol. The Bertz CT molecular complexity index is 178. The quantitative estimate of drug-likeness (QED) is 0.606. The topological polar surface area (TPSA) is 64.7 Å². The van der Waals surface area contributed by atoms with E-state index in [4.69, 9.17) is 15.2 Å². The number of rotatable bonds is 1. The van der Waals surface area contributed by atoms with E-state index in [2.05, 4.69) is 0 Å². The first-order valence-electron chi connectivity index (χ1n) is 4.94. The van der Waals surface area contributed by atoms with Gasteiger partial charge in [-0.3, -0.25) is 0 Å². The first-order valence-corrected chi connectivity index (χ1v) is 4.94. The molecule has 0 aromatic rings. The van der Waals surface area contributed by atoms with Gasteiger partial charge in [-0.05, 0) is 12.8 Å². The van der Waals surface area contributed by atoms with Crippen LogP contribution in [0.15, 0.2) is 0 Å². The molecule has 1 aliphatic carbocycles. The number of aliphatic hydroxyl groups is 1. The Morgan fingerprint density at radius 1 is 1.38 bits per heavy atom. The molecule has 4 nitrogen and oxygen atoms in total. The zero-order chi connectivity index (χ0) is 9.31. The lowest BCUT2D eigenvalue weighted by Crippen LogP contribution is -2.38. The van der Waals surface area contributed by atoms with Gasteiger partial charge in [0.2, 0.25) is 0 Å². The van der Waals surface area contributed by atoms with E-state index in [0.29, 0.717) is 13.2 Å². The van der Waals surface area contributed by atoms with Crippen LogP contribution in [0, 0.1) is 0 Å². The van der Waals surface area contributed by atoms with Gasteiger partial charge in [-0.25, -0.2) is 0 Å². The monoisotopic (exact) mass is 187 g/mol. The molecule has 13 heavy (non-hydrogen) atoms. The van der Waals surface area contributed by atoms with Gasteiger partial charge >= 0.3 is 0 Å². The van der Waals surface area contributed by atoms with E-state index in [1.165, 1.54) is 0 Å². The highest BCUT2D eigenvalue weighted by Gasteiger charge is 2.43. The smallest absolute Gasteiger partial charge is 0.169 e. The summed E-state index contributed by atoms with van der Waals surface area (Å²) in [6.45, 7) is 1.12. The fourth-order valence-corrected chi connectivity index (χ4v) is 2.04. The number of nitrogens with two attached hydrogens (primary N) is 1. The maximum absolute atomic E-state index is 9.34. The van der Waals surface area contributed by atoms with Crippen LogP contribution >= 0.6 is 0 Å². The third-order valence-electron chi connectivity index (χ3n) is 2.89. The van der Waals surface area contributed by atoms with Gasteiger partial charge in [0, 0.05) is 19.4 Å². The molecule has 0 radical (unpaired) electrons. The maximum Gasteiger partial charge on any atom is 0.169 e. The van der Waals surface area contributed by atoms with Gasteiger partial charge in [0.25, 0.3) is 0 Å². The minimum Gasteiger partial charge on any atom is -0.393 e. The second-order valence-electron chi connectivity index (χ2n) is 3.93. The predicted molar refractivity (Wildman–Crippen MR) is 47.1 cm³/mol. The molecule has 3 N–H and O–H groups in total. The molecule has 1 saturated carbocycles. The minimum atomic E-state index is -0.413. The van der Waals surface area contributed by atoms with E-state index < -0.39 is 5.79 Å². The molecule has 76 valence electrons. The molecule has 0 aromatic heterocycles. The van der Waals surface area contributed by atoms with E-state index in [1.54, 1.807) is 0 Å². The van der Waals surface area contributed by atoms with E-state index in [9.17, 15) is 5.11 Å². The summed E-state index contributed by atoms with van der Waals surface area (Å²) in [5.74, 6) is -0.413. The minimum absolute atomic E-state index is 0.0512. The molecule has 2 rings (SSSR count). The van der Waals surface area contributed by atoms with Crippen molar-refractivity contribution in [3.8, 4) is 0 Å². The van der Waals surface area contributed by atoms with Crippen molar-refractivity contribution in [3.63, 3.8) is 0 Å². The molecule has 1 aliphatic heterocycles. The van der Waals surface area contributed by atoms with Gasteiger partial charge in [0.1, 0.15) is 0 Å². The first kappa shape index (κ1) is 9.40. The van der Waals surface area contributed by atoms with Crippen LogP contribution < -0.4 is 5.73 Å². The molecule has 2 fully saturated rings. The van der Waals surface area contributed by atoms with Crippen LogP contribution in [0.2, 0.25) is 0 Å². The molecule has 1 saturated heterocycles. The van der Waals surface area contributed by atoms with Crippen LogP contribution in [0.4, 0.5) is 0 Å². The average molecular weight is 187 g/mol. The van der Waals surface area contributed by atoms with Crippen molar-refractivity contribution in [1.82, 2.24) is 0 Å². The van der Waals surface area contributed by atoms with Crippen molar-refractivity contribution in [3.05, 3.63) is 0 Å². The van der Waals surface area contributed by atoms with Crippen molar-refractivity contribution in [1.29, 1.82) is 0 Å². The van der Waals surface area contributed by atoms with Crippen molar-refractivity contribution >= 4 is 0 Å². The van der Waals surface area contributed by atoms with Gasteiger partial charge < -0.3 is 20.3 Å². The summed E-state index contributed by atoms with van der Waals surface area (Å²) in [6.07, 6.45) is 3.02. The van der Waals surface area contributed by atoms with Crippen molar-refractivity contribution in [2.24, 2.45) is 5.73 Å². The fraction of sp³-hybridized carbons (Fsp3) is 1.00. The summed E-state index contributed by atoms with van der Waals surface area (Å²) in [5.41, 5.74) is 5.50. The summed E-state index contributed by atoms with van der Waals surface area (Å²) in [5, 5.41) is 9.34. The van der Waals surface area contributed by atoms with Gasteiger partial charge in [-0.2, -0.15) is 0 Å². The largest absolute Gasteiger partial charge is 0.393 e. The van der Waals surface area contributed by atoms with Crippen molar-refractivity contribution in [2.75, 3.05) is 13.2 Å². The van der Waals surface area contributed by atoms with Crippen molar-refractivity contribution in [2.45, 2.75) is 43.7 Å². The SMILES string of the molecule is NCC1COC2(CCC(O)CC2)O1. The standard InChI is InChI=1S/C9H17NO3/c10-5-8-6-12-9(13-8)3-1-7(11)2-4-9/h7-8,11H,1-6,10H2. The Morgan fingerprint density at radius 3 is 2.62 bits per heavy atom. The van der Waals surface area contributed by atoms with Gasteiger partial charge in [-0.1, -0.05) is 0 Å². The summed E-state index contributed by atoms with van der Waals surface area (Å²) in [4.78, 5) is 0. The number of hydrogen-bond acceptors (Lipinski definition) is 4. The molecule has 1 atom stereocenters. The van der Waals surface area contributed by atoms with Gasteiger partial charge in [0.15, 0.2) is 5.79 Å². The highest BCUT2D eigenvalue weighted by atomic mass is 16.7. The molecule has 0 aromatic carbocycles. The normalized spacial score (nSPS) is 45.7. The fourth-order valence-electron chi connectivity index (χ4n) is 2.04. The predicted octanol–water partition coefficient (Wildman–Crippen LogP) is -0.00830. The highest BCUT2D eigenvalue weighted by molar-refractivity contribution is 4.85. The van der Waals surface area contributed by atoms with Crippen LogP contribution in [-0.4, -0.2) is 36.3 Å². The molecule has 0 bridgehead atoms. The van der Waals surface area contributed by atoms with E-state index in [0.717, 1.165) is 25.7 Å². The number of aliphatic hydroxyl groups excluding tert-OH is 1. The molecular formula is C9H17NO3. The second-order valence-corrected chi connectivity index (χ2v) is 3.93. The maximum atomic E-state index is 9.34. The lowest BCUT2D eigenvalue weighted by Gasteiger charge is -2.33. The Kier molecular flexibility index (Phi) is 2.55. The molecule has 4 heteroatoms. The van der Waals surface area contributed by atoms with Crippen LogP contribution in [0.1, 0.15) is 25.7 Å². The van der Waals surface area contributed by atoms with Crippen LogP contribution in [0.3, 0.4) is 0 Å². The third-order valence-corrected chi connectivity index (χ3v) is 2.89. The Hall–Kier alpha value is -0.160. The summed E-state index contributed by atoms with van der Waals surface area (Å²) < 4.78 is 11.3. The van der Waals surface area contributed by atoms with E-state index in [-0.39, 0.29) is 12.2 Å². The Balaban J connectivity index is 1.92. The summed E-state index contributed by atoms with van der Waals surface area (Å²) >= 11 is 0. The Labute approximate surface area is 78.0 Å². The molecule has 2 aliphatic rings. The van der Waals surface area contributed by atoms with Crippen LogP contribution in [-0.2, 0) is 9.47 Å². The first-order chi connectivity index (χ1) is 6.24. The number of hydrogen-bond donors (Lipinski definition) is 2. The molecule has 1 spiro atoms. The average Bonchev–Trinajstić information content (AvgIpc) is 2.55. The zero-order valence-electron chi connectivity index (χ0n) is 7.74. The van der Waals surface area contributed by atoms with E-state index >= 15 is 0 Å². The summed E-state index contributed by atoms with van der Waals surface area (Å²) in [6, 6.07) is 0. The van der Waals surface area contributed by atoms with Crippen LogP contribution in [0.25, 0.3) is 0 Å². The zero-order valence-corrected chi connectivity index (χ0v) is 7.74. The highest BCUT2D eigenvalue weighted by Crippen LogP contribution is 2.37. The van der Waals surface area contributed by atoms with Gasteiger partial charge in [-0.15, -0.1) is 0 Å². The second kappa shape index (κ2) is 3.53. The van der Waals surface area contributed by atoms with Gasteiger partial charge in [0.05, 0.1) is 18.8 Å². The lowest BCUT2D eigenvalue weighted by atomic mass is 9.92. The summed E-state index contributed by atoms with van der Waals surface area (Å²) in [7, 11) is 0. The molecule has 1 unspecified atom stereocenters. The van der Waals surface area contributed by atoms with E-state index in [1.807, 2.05) is 0 Å². The lowest BCUT2D eigenvalue weighted by molar-refractivity contribution is -0.196. The van der Waals surface area contributed by atoms with Crippen LogP contribution in [0.5, 0.6) is 0 Å². The number of ether oxygens (including phenoxy) is 2. The van der Waals surface area contributed by atoms with Crippen molar-refractivity contribution < 1.29 is 14.6 Å².